The number of carboxylic acids is 1. The third-order valence-corrected chi connectivity index (χ3v) is 2.79. The highest BCUT2D eigenvalue weighted by Gasteiger charge is 2.18. The van der Waals surface area contributed by atoms with Gasteiger partial charge in [-0.25, -0.2) is 4.79 Å². The van der Waals surface area contributed by atoms with E-state index in [4.69, 9.17) is 9.84 Å². The SMILES string of the molecule is CCCCO[C@H](Cc1cc(C)cc(C)c1)C(=O)O. The van der Waals surface area contributed by atoms with Crippen LogP contribution in [0, 0.1) is 13.8 Å². The first-order chi connectivity index (χ1) is 8.52. The van der Waals surface area contributed by atoms with Gasteiger partial charge in [-0.05, 0) is 25.8 Å². The molecule has 0 bridgehead atoms. The fourth-order valence-corrected chi connectivity index (χ4v) is 1.99. The number of aryl methyl sites for hydroxylation is 2. The zero-order chi connectivity index (χ0) is 13.5. The van der Waals surface area contributed by atoms with E-state index in [2.05, 4.69) is 13.0 Å². The fraction of sp³-hybridized carbons (Fsp3) is 0.533. The molecule has 1 rings (SSSR count). The Balaban J connectivity index is 2.67. The van der Waals surface area contributed by atoms with Crippen LogP contribution in [-0.2, 0) is 16.0 Å². The average molecular weight is 250 g/mol. The number of hydrogen-bond acceptors (Lipinski definition) is 2. The first-order valence-electron chi connectivity index (χ1n) is 6.44. The lowest BCUT2D eigenvalue weighted by Crippen LogP contribution is -2.27. The van der Waals surface area contributed by atoms with Crippen molar-refractivity contribution in [2.24, 2.45) is 0 Å². The van der Waals surface area contributed by atoms with Crippen LogP contribution in [0.15, 0.2) is 18.2 Å². The number of benzene rings is 1. The molecule has 18 heavy (non-hydrogen) atoms. The molecular formula is C15H22O3. The van der Waals surface area contributed by atoms with Crippen LogP contribution in [0.4, 0.5) is 0 Å². The van der Waals surface area contributed by atoms with Gasteiger partial charge < -0.3 is 9.84 Å². The zero-order valence-corrected chi connectivity index (χ0v) is 11.4. The van der Waals surface area contributed by atoms with E-state index in [1.54, 1.807) is 0 Å². The van der Waals surface area contributed by atoms with Crippen molar-refractivity contribution in [1.29, 1.82) is 0 Å². The number of carbonyl (C=O) groups is 1. The number of unbranched alkanes of at least 4 members (excludes halogenated alkanes) is 1. The monoisotopic (exact) mass is 250 g/mol. The van der Waals surface area contributed by atoms with E-state index in [9.17, 15) is 4.79 Å². The molecule has 0 aliphatic rings. The Kier molecular flexibility index (Phi) is 5.86. The summed E-state index contributed by atoms with van der Waals surface area (Å²) >= 11 is 0. The van der Waals surface area contributed by atoms with Crippen LogP contribution in [0.1, 0.15) is 36.5 Å². The highest BCUT2D eigenvalue weighted by molar-refractivity contribution is 5.72. The molecule has 0 aromatic heterocycles. The summed E-state index contributed by atoms with van der Waals surface area (Å²) in [6.45, 7) is 6.61. The van der Waals surface area contributed by atoms with Gasteiger partial charge in [0.25, 0.3) is 0 Å². The molecule has 0 heterocycles. The van der Waals surface area contributed by atoms with Gasteiger partial charge in [0.1, 0.15) is 0 Å². The van der Waals surface area contributed by atoms with Gasteiger partial charge in [0, 0.05) is 13.0 Å². The summed E-state index contributed by atoms with van der Waals surface area (Å²) < 4.78 is 5.43. The molecule has 1 aromatic carbocycles. The van der Waals surface area contributed by atoms with E-state index >= 15 is 0 Å². The van der Waals surface area contributed by atoms with Crippen LogP contribution in [0.25, 0.3) is 0 Å². The van der Waals surface area contributed by atoms with Crippen molar-refractivity contribution in [3.05, 3.63) is 34.9 Å². The molecule has 1 aromatic rings. The van der Waals surface area contributed by atoms with Crippen LogP contribution in [0.3, 0.4) is 0 Å². The van der Waals surface area contributed by atoms with Crippen LogP contribution in [-0.4, -0.2) is 23.8 Å². The molecule has 100 valence electrons. The van der Waals surface area contributed by atoms with Crippen molar-refractivity contribution >= 4 is 5.97 Å². The number of ether oxygens (including phenoxy) is 1. The Morgan fingerprint density at radius 2 is 1.89 bits per heavy atom. The number of aliphatic carboxylic acids is 1. The molecule has 0 aliphatic heterocycles. The Hall–Kier alpha value is -1.35. The Labute approximate surface area is 109 Å². The van der Waals surface area contributed by atoms with Crippen molar-refractivity contribution in [3.8, 4) is 0 Å². The summed E-state index contributed by atoms with van der Waals surface area (Å²) in [5.74, 6) is -0.884. The third-order valence-electron chi connectivity index (χ3n) is 2.79. The van der Waals surface area contributed by atoms with Crippen molar-refractivity contribution in [2.45, 2.75) is 46.1 Å². The first-order valence-corrected chi connectivity index (χ1v) is 6.44. The van der Waals surface area contributed by atoms with E-state index < -0.39 is 12.1 Å². The van der Waals surface area contributed by atoms with Crippen molar-refractivity contribution in [2.75, 3.05) is 6.61 Å². The summed E-state index contributed by atoms with van der Waals surface area (Å²) in [5, 5.41) is 9.15. The number of carboxylic acid groups (broad SMARTS) is 1. The topological polar surface area (TPSA) is 46.5 Å². The first kappa shape index (κ1) is 14.7. The molecule has 0 saturated carbocycles. The second-order valence-electron chi connectivity index (χ2n) is 4.75. The molecule has 0 spiro atoms. The van der Waals surface area contributed by atoms with Crippen LogP contribution in [0.2, 0.25) is 0 Å². The predicted octanol–water partition coefficient (Wildman–Crippen LogP) is 3.12. The number of rotatable bonds is 7. The summed E-state index contributed by atoms with van der Waals surface area (Å²) in [7, 11) is 0. The lowest BCUT2D eigenvalue weighted by Gasteiger charge is -2.14. The van der Waals surface area contributed by atoms with Gasteiger partial charge in [-0.1, -0.05) is 42.7 Å². The van der Waals surface area contributed by atoms with E-state index in [1.165, 1.54) is 0 Å². The van der Waals surface area contributed by atoms with E-state index in [1.807, 2.05) is 26.0 Å². The average Bonchev–Trinajstić information content (AvgIpc) is 2.26. The highest BCUT2D eigenvalue weighted by atomic mass is 16.5. The van der Waals surface area contributed by atoms with Crippen LogP contribution < -0.4 is 0 Å². The minimum atomic E-state index is -0.884. The van der Waals surface area contributed by atoms with Gasteiger partial charge in [-0.3, -0.25) is 0 Å². The molecule has 0 amide bonds. The molecule has 1 atom stereocenters. The molecule has 0 fully saturated rings. The molecule has 0 radical (unpaired) electrons. The summed E-state index contributed by atoms with van der Waals surface area (Å²) in [6, 6.07) is 6.12. The van der Waals surface area contributed by atoms with Gasteiger partial charge in [-0.15, -0.1) is 0 Å². The van der Waals surface area contributed by atoms with Gasteiger partial charge in [-0.2, -0.15) is 0 Å². The standard InChI is InChI=1S/C15H22O3/c1-4-5-6-18-14(15(16)17)10-13-8-11(2)7-12(3)9-13/h7-9,14H,4-6,10H2,1-3H3,(H,16,17)/t14-/m1/s1. The summed E-state index contributed by atoms with van der Waals surface area (Å²) in [4.78, 5) is 11.1. The molecule has 1 N–H and O–H groups in total. The van der Waals surface area contributed by atoms with E-state index in [-0.39, 0.29) is 0 Å². The van der Waals surface area contributed by atoms with Crippen molar-refractivity contribution in [1.82, 2.24) is 0 Å². The summed E-state index contributed by atoms with van der Waals surface area (Å²) in [5.41, 5.74) is 3.33. The molecule has 3 heteroatoms. The van der Waals surface area contributed by atoms with Crippen LogP contribution in [0.5, 0.6) is 0 Å². The number of hydrogen-bond donors (Lipinski definition) is 1. The minimum Gasteiger partial charge on any atom is -0.479 e. The fourth-order valence-electron chi connectivity index (χ4n) is 1.99. The maximum absolute atomic E-state index is 11.1. The molecule has 3 nitrogen and oxygen atoms in total. The maximum Gasteiger partial charge on any atom is 0.333 e. The van der Waals surface area contributed by atoms with Gasteiger partial charge in [0.15, 0.2) is 6.10 Å². The molecule has 0 saturated heterocycles. The van der Waals surface area contributed by atoms with E-state index in [0.717, 1.165) is 29.5 Å². The summed E-state index contributed by atoms with van der Waals surface area (Å²) in [6.07, 6.45) is 1.60. The Morgan fingerprint density at radius 1 is 1.28 bits per heavy atom. The largest absolute Gasteiger partial charge is 0.479 e. The normalized spacial score (nSPS) is 12.4. The van der Waals surface area contributed by atoms with Crippen LogP contribution >= 0.6 is 0 Å². The smallest absolute Gasteiger partial charge is 0.333 e. The van der Waals surface area contributed by atoms with Gasteiger partial charge in [0.2, 0.25) is 0 Å². The zero-order valence-electron chi connectivity index (χ0n) is 11.4. The minimum absolute atomic E-state index is 0.432. The second-order valence-corrected chi connectivity index (χ2v) is 4.75. The Morgan fingerprint density at radius 3 is 2.39 bits per heavy atom. The lowest BCUT2D eigenvalue weighted by atomic mass is 10.0. The maximum atomic E-state index is 11.1. The van der Waals surface area contributed by atoms with Gasteiger partial charge >= 0.3 is 5.97 Å². The van der Waals surface area contributed by atoms with E-state index in [0.29, 0.717) is 13.0 Å². The molecule has 0 unspecified atom stereocenters. The lowest BCUT2D eigenvalue weighted by molar-refractivity contribution is -0.150. The van der Waals surface area contributed by atoms with Crippen molar-refractivity contribution < 1.29 is 14.6 Å². The van der Waals surface area contributed by atoms with Crippen molar-refractivity contribution in [3.63, 3.8) is 0 Å². The second kappa shape index (κ2) is 7.17. The molecule has 0 aliphatic carbocycles. The highest BCUT2D eigenvalue weighted by Crippen LogP contribution is 2.13. The Bertz CT molecular complexity index is 378. The van der Waals surface area contributed by atoms with Gasteiger partial charge in [0.05, 0.1) is 0 Å². The third kappa shape index (κ3) is 4.88. The molecular weight excluding hydrogens is 228 g/mol. The predicted molar refractivity (Wildman–Crippen MR) is 71.9 cm³/mol. The quantitative estimate of drug-likeness (QED) is 0.756.